The van der Waals surface area contributed by atoms with Gasteiger partial charge in [0.1, 0.15) is 0 Å². The summed E-state index contributed by atoms with van der Waals surface area (Å²) in [5, 5.41) is 0. The maximum absolute atomic E-state index is 6.56. The molecule has 1 spiro atoms. The summed E-state index contributed by atoms with van der Waals surface area (Å²) in [5.41, 5.74) is 0. The third-order valence-electron chi connectivity index (χ3n) is 3.45. The SMILES string of the molecule is C[Si]1(C)O[Si](C)(C)O[Si](C)(C)O[Si]2(O[Si](C)(C)O1)O[Si](C)(C)O[Si](C)(C)O2. The van der Waals surface area contributed by atoms with Gasteiger partial charge >= 0.3 is 60.4 Å². The highest BCUT2D eigenvalue weighted by Gasteiger charge is 2.66. The zero-order valence-corrected chi connectivity index (χ0v) is 25.8. The van der Waals surface area contributed by atoms with E-state index in [1.165, 1.54) is 0 Å². The molecule has 8 nitrogen and oxygen atoms in total. The summed E-state index contributed by atoms with van der Waals surface area (Å²) in [6.45, 7) is 24.2. The molecule has 0 amide bonds. The van der Waals surface area contributed by atoms with Gasteiger partial charge in [-0.25, -0.2) is 0 Å². The smallest absolute Gasteiger partial charge is 0.416 e. The van der Waals surface area contributed by atoms with Gasteiger partial charge in [0.2, 0.25) is 0 Å². The Hall–Kier alpha value is 1.20. The molecule has 0 aromatic rings. The molecular formula is C12H36O8Si7. The summed E-state index contributed by atoms with van der Waals surface area (Å²) >= 11 is 0. The average molecular weight is 505 g/mol. The van der Waals surface area contributed by atoms with Crippen LogP contribution >= 0.6 is 0 Å². The lowest BCUT2D eigenvalue weighted by Gasteiger charge is -2.52. The molecule has 2 aliphatic rings. The molecule has 2 saturated heterocycles. The first-order valence-corrected chi connectivity index (χ1v) is 27.8. The Morgan fingerprint density at radius 1 is 0.259 bits per heavy atom. The van der Waals surface area contributed by atoms with Crippen LogP contribution in [0.15, 0.2) is 0 Å². The van der Waals surface area contributed by atoms with Crippen molar-refractivity contribution in [3.8, 4) is 0 Å². The molecule has 2 fully saturated rings. The highest BCUT2D eigenvalue weighted by Crippen LogP contribution is 2.38. The van der Waals surface area contributed by atoms with Crippen LogP contribution in [0.3, 0.4) is 0 Å². The summed E-state index contributed by atoms with van der Waals surface area (Å²) in [6.07, 6.45) is 0. The summed E-state index contributed by atoms with van der Waals surface area (Å²) < 4.78 is 51.4. The fourth-order valence-electron chi connectivity index (χ4n) is 3.82. The van der Waals surface area contributed by atoms with E-state index >= 15 is 0 Å². The van der Waals surface area contributed by atoms with Gasteiger partial charge < -0.3 is 32.9 Å². The van der Waals surface area contributed by atoms with Crippen LogP contribution in [0.1, 0.15) is 0 Å². The van der Waals surface area contributed by atoms with Gasteiger partial charge in [-0.15, -0.1) is 0 Å². The highest BCUT2D eigenvalue weighted by molar-refractivity contribution is 6.96. The fraction of sp³-hybridized carbons (Fsp3) is 1.00. The summed E-state index contributed by atoms with van der Waals surface area (Å²) in [6, 6.07) is 0. The number of rotatable bonds is 0. The minimum absolute atomic E-state index is 2.00. The van der Waals surface area contributed by atoms with Crippen LogP contribution in [0.4, 0.5) is 0 Å². The second-order valence-electron chi connectivity index (χ2n) is 9.72. The van der Waals surface area contributed by atoms with Gasteiger partial charge in [-0.05, 0) is 78.6 Å². The lowest BCUT2D eigenvalue weighted by Crippen LogP contribution is -2.75. The molecule has 0 atom stereocenters. The van der Waals surface area contributed by atoms with Crippen molar-refractivity contribution >= 4 is 60.4 Å². The molecule has 2 aliphatic heterocycles. The summed E-state index contributed by atoms with van der Waals surface area (Å²) in [4.78, 5) is 0. The third kappa shape index (κ3) is 7.13. The largest absolute Gasteiger partial charge is 0.643 e. The minimum atomic E-state index is -3.51. The van der Waals surface area contributed by atoms with Gasteiger partial charge in [0, 0.05) is 0 Å². The van der Waals surface area contributed by atoms with E-state index < -0.39 is 60.4 Å². The van der Waals surface area contributed by atoms with Gasteiger partial charge in [0.15, 0.2) is 0 Å². The summed E-state index contributed by atoms with van der Waals surface area (Å²) in [7, 11) is -18.7. The zero-order valence-electron chi connectivity index (χ0n) is 18.8. The second-order valence-corrected chi connectivity index (χ2v) is 34.0. The van der Waals surface area contributed by atoms with Crippen molar-refractivity contribution < 1.29 is 32.9 Å². The van der Waals surface area contributed by atoms with E-state index in [0.29, 0.717) is 0 Å². The molecular weight excluding hydrogens is 469 g/mol. The Kier molecular flexibility index (Phi) is 6.45. The maximum atomic E-state index is 6.56. The van der Waals surface area contributed by atoms with E-state index in [1.807, 2.05) is 78.6 Å². The molecule has 0 aliphatic carbocycles. The van der Waals surface area contributed by atoms with Crippen LogP contribution in [0.5, 0.6) is 0 Å². The second kappa shape index (κ2) is 7.12. The third-order valence-corrected chi connectivity index (χ3v) is 31.0. The molecule has 0 N–H and O–H groups in total. The fourth-order valence-corrected chi connectivity index (χ4v) is 38.9. The van der Waals surface area contributed by atoms with Crippen molar-refractivity contribution in [3.63, 3.8) is 0 Å². The van der Waals surface area contributed by atoms with Crippen molar-refractivity contribution in [2.24, 2.45) is 0 Å². The molecule has 0 radical (unpaired) electrons. The molecule has 0 aromatic heterocycles. The van der Waals surface area contributed by atoms with Crippen LogP contribution in [0.2, 0.25) is 78.6 Å². The predicted octanol–water partition coefficient (Wildman–Crippen LogP) is 3.79. The van der Waals surface area contributed by atoms with Crippen molar-refractivity contribution in [2.45, 2.75) is 78.6 Å². The van der Waals surface area contributed by atoms with Crippen molar-refractivity contribution in [1.29, 1.82) is 0 Å². The minimum Gasteiger partial charge on any atom is -0.416 e. The first kappa shape index (κ1) is 24.5. The van der Waals surface area contributed by atoms with Gasteiger partial charge in [-0.1, -0.05) is 0 Å². The van der Waals surface area contributed by atoms with Gasteiger partial charge in [-0.2, -0.15) is 0 Å². The van der Waals surface area contributed by atoms with Crippen LogP contribution in [0, 0.1) is 0 Å². The molecule has 15 heteroatoms. The van der Waals surface area contributed by atoms with Crippen LogP contribution < -0.4 is 0 Å². The Morgan fingerprint density at radius 3 is 0.593 bits per heavy atom. The van der Waals surface area contributed by atoms with Crippen molar-refractivity contribution in [1.82, 2.24) is 0 Å². The zero-order chi connectivity index (χ0) is 21.2. The van der Waals surface area contributed by atoms with Crippen molar-refractivity contribution in [3.05, 3.63) is 0 Å². The van der Waals surface area contributed by atoms with Crippen molar-refractivity contribution in [2.75, 3.05) is 0 Å². The van der Waals surface area contributed by atoms with E-state index in [2.05, 4.69) is 0 Å². The molecule has 0 aromatic carbocycles. The van der Waals surface area contributed by atoms with E-state index in [1.54, 1.807) is 0 Å². The van der Waals surface area contributed by atoms with Crippen LogP contribution in [-0.2, 0) is 32.9 Å². The maximum Gasteiger partial charge on any atom is 0.643 e. The summed E-state index contributed by atoms with van der Waals surface area (Å²) in [5.74, 6) is 0. The van der Waals surface area contributed by atoms with E-state index in [-0.39, 0.29) is 0 Å². The Labute approximate surface area is 171 Å². The monoisotopic (exact) mass is 504 g/mol. The molecule has 0 bridgehead atoms. The van der Waals surface area contributed by atoms with Crippen LogP contribution in [-0.4, -0.2) is 60.4 Å². The number of hydrogen-bond acceptors (Lipinski definition) is 8. The Balaban J connectivity index is 2.53. The normalized spacial score (nSPS) is 33.3. The van der Waals surface area contributed by atoms with Gasteiger partial charge in [-0.3, -0.25) is 0 Å². The Morgan fingerprint density at radius 2 is 0.407 bits per heavy atom. The average Bonchev–Trinajstić information content (AvgIpc) is 2.11. The van der Waals surface area contributed by atoms with E-state index in [4.69, 9.17) is 32.9 Å². The molecule has 160 valence electrons. The number of hydrogen-bond donors (Lipinski definition) is 0. The molecule has 2 heterocycles. The first-order valence-electron chi connectivity index (χ1n) is 9.27. The standard InChI is InChI=1S/C12H36O8Si7/c1-21(2)13-22(3,4)15-24(7,8)18-27(17-23(5,6)14-21)19-25(9,10)16-26(11,12)20-27/h1-12H3. The molecule has 2 rings (SSSR count). The van der Waals surface area contributed by atoms with E-state index in [0.717, 1.165) is 0 Å². The highest BCUT2D eigenvalue weighted by atomic mass is 28.6. The Bertz CT molecular complexity index is 532. The lowest BCUT2D eigenvalue weighted by molar-refractivity contribution is 0.0716. The van der Waals surface area contributed by atoms with Gasteiger partial charge in [0.25, 0.3) is 0 Å². The molecule has 0 unspecified atom stereocenters. The lowest BCUT2D eigenvalue weighted by atomic mass is 11.9. The van der Waals surface area contributed by atoms with E-state index in [9.17, 15) is 0 Å². The first-order chi connectivity index (χ1) is 11.7. The van der Waals surface area contributed by atoms with Crippen LogP contribution in [0.25, 0.3) is 0 Å². The topological polar surface area (TPSA) is 73.8 Å². The molecule has 27 heavy (non-hydrogen) atoms. The van der Waals surface area contributed by atoms with Gasteiger partial charge in [0.05, 0.1) is 0 Å². The predicted molar refractivity (Wildman–Crippen MR) is 119 cm³/mol. The quantitative estimate of drug-likeness (QED) is 0.461. The molecule has 0 saturated carbocycles.